The van der Waals surface area contributed by atoms with Crippen LogP contribution in [0.5, 0.6) is 0 Å². The normalized spacial score (nSPS) is 21.0. The van der Waals surface area contributed by atoms with Crippen molar-refractivity contribution < 1.29 is 9.63 Å². The number of amides is 1. The van der Waals surface area contributed by atoms with Gasteiger partial charge < -0.3 is 0 Å². The highest BCUT2D eigenvalue weighted by Gasteiger charge is 2.28. The van der Waals surface area contributed by atoms with Crippen LogP contribution in [-0.4, -0.2) is 49.3 Å². The number of thioether (sulfide) groups is 2. The molecule has 0 spiro atoms. The van der Waals surface area contributed by atoms with Gasteiger partial charge in [-0.05, 0) is 18.9 Å². The number of nitrogens with zero attached hydrogens (tertiary/aromatic N) is 2. The van der Waals surface area contributed by atoms with Gasteiger partial charge in [0.25, 0.3) is 0 Å². The van der Waals surface area contributed by atoms with Crippen LogP contribution in [0, 0.1) is 0 Å². The Kier molecular flexibility index (Phi) is 7.97. The molecule has 1 aliphatic rings. The van der Waals surface area contributed by atoms with Gasteiger partial charge in [-0.2, -0.15) is 0 Å². The summed E-state index contributed by atoms with van der Waals surface area (Å²) in [6.45, 7) is 5.61. The molecule has 9 heteroatoms. The average Bonchev–Trinajstić information content (AvgIpc) is 2.92. The lowest BCUT2D eigenvalue weighted by Crippen LogP contribution is -2.32. The standard InChI is InChI=1S/C11H16Cl2N2O2S3/c1-4-8-5-18-9(19-8)14-17-10(16)15(3)20-11(2,6-12)7-13/h4,8H,1,5-7H2,2-3H3. The van der Waals surface area contributed by atoms with Crippen LogP contribution in [0.25, 0.3) is 0 Å². The molecule has 0 N–H and O–H groups in total. The molecule has 1 unspecified atom stereocenters. The molecular weight excluding hydrogens is 359 g/mol. The van der Waals surface area contributed by atoms with Crippen molar-refractivity contribution in [1.82, 2.24) is 4.31 Å². The molecule has 1 saturated heterocycles. The third kappa shape index (κ3) is 5.60. The Balaban J connectivity index is 2.46. The predicted octanol–water partition coefficient (Wildman–Crippen LogP) is 4.24. The van der Waals surface area contributed by atoms with Crippen LogP contribution in [0.4, 0.5) is 4.79 Å². The lowest BCUT2D eigenvalue weighted by atomic mass is 10.2. The Morgan fingerprint density at radius 1 is 1.70 bits per heavy atom. The number of hydrogen-bond donors (Lipinski definition) is 0. The lowest BCUT2D eigenvalue weighted by molar-refractivity contribution is 0.137. The molecule has 0 saturated carbocycles. The molecule has 1 aliphatic heterocycles. The molecule has 1 atom stereocenters. The molecule has 0 aromatic carbocycles. The summed E-state index contributed by atoms with van der Waals surface area (Å²) in [4.78, 5) is 16.7. The van der Waals surface area contributed by atoms with Crippen molar-refractivity contribution in [1.29, 1.82) is 0 Å². The number of halogens is 2. The molecule has 0 radical (unpaired) electrons. The maximum absolute atomic E-state index is 11.8. The summed E-state index contributed by atoms with van der Waals surface area (Å²) in [6.07, 6.45) is 1.31. The van der Waals surface area contributed by atoms with Gasteiger partial charge in [0.2, 0.25) is 0 Å². The van der Waals surface area contributed by atoms with Gasteiger partial charge in [0.05, 0.1) is 4.75 Å². The van der Waals surface area contributed by atoms with Crippen molar-refractivity contribution in [2.75, 3.05) is 24.6 Å². The van der Waals surface area contributed by atoms with Gasteiger partial charge in [-0.1, -0.05) is 34.8 Å². The van der Waals surface area contributed by atoms with Gasteiger partial charge in [-0.15, -0.1) is 29.8 Å². The van der Waals surface area contributed by atoms with E-state index in [-0.39, 0.29) is 0 Å². The minimum absolute atomic E-state index is 0.320. The molecule has 4 nitrogen and oxygen atoms in total. The van der Waals surface area contributed by atoms with Gasteiger partial charge >= 0.3 is 6.09 Å². The van der Waals surface area contributed by atoms with E-state index < -0.39 is 10.8 Å². The van der Waals surface area contributed by atoms with E-state index in [1.807, 2.05) is 13.0 Å². The fourth-order valence-electron chi connectivity index (χ4n) is 1.10. The predicted molar refractivity (Wildman–Crippen MR) is 93.1 cm³/mol. The monoisotopic (exact) mass is 374 g/mol. The summed E-state index contributed by atoms with van der Waals surface area (Å²) in [5, 5.41) is 4.17. The van der Waals surface area contributed by atoms with Crippen LogP contribution in [0.3, 0.4) is 0 Å². The van der Waals surface area contributed by atoms with Crippen molar-refractivity contribution >= 4 is 69.1 Å². The summed E-state index contributed by atoms with van der Waals surface area (Å²) < 4.78 is 1.66. The zero-order chi connectivity index (χ0) is 15.2. The minimum atomic E-state index is -0.549. The van der Waals surface area contributed by atoms with Crippen LogP contribution in [0.15, 0.2) is 17.8 Å². The summed E-state index contributed by atoms with van der Waals surface area (Å²) in [5.41, 5.74) is 0. The Morgan fingerprint density at radius 3 is 2.85 bits per heavy atom. The van der Waals surface area contributed by atoms with E-state index in [4.69, 9.17) is 28.0 Å². The third-order valence-corrected chi connectivity index (χ3v) is 7.55. The largest absolute Gasteiger partial charge is 0.445 e. The number of carbonyl (C=O) groups excluding carboxylic acids is 1. The molecule has 1 amide bonds. The molecule has 1 fully saturated rings. The maximum atomic E-state index is 11.8. The maximum Gasteiger partial charge on any atom is 0.445 e. The van der Waals surface area contributed by atoms with E-state index >= 15 is 0 Å². The second-order valence-electron chi connectivity index (χ2n) is 4.22. The van der Waals surface area contributed by atoms with E-state index in [0.29, 0.717) is 17.0 Å². The van der Waals surface area contributed by atoms with E-state index in [9.17, 15) is 4.79 Å². The SMILES string of the molecule is C=CC1CSC(=NOC(=O)N(C)SC(C)(CCl)CCl)S1. The Labute approximate surface area is 142 Å². The third-order valence-electron chi connectivity index (χ3n) is 2.26. The number of rotatable bonds is 6. The Bertz CT molecular complexity index is 392. The summed E-state index contributed by atoms with van der Waals surface area (Å²) in [5.74, 6) is 1.56. The van der Waals surface area contributed by atoms with E-state index in [0.717, 1.165) is 10.1 Å². The highest BCUT2D eigenvalue weighted by Crippen LogP contribution is 2.34. The van der Waals surface area contributed by atoms with E-state index in [2.05, 4.69) is 11.7 Å². The van der Waals surface area contributed by atoms with E-state index in [1.165, 1.54) is 28.0 Å². The van der Waals surface area contributed by atoms with Crippen molar-refractivity contribution in [2.24, 2.45) is 5.16 Å². The van der Waals surface area contributed by atoms with Crippen LogP contribution < -0.4 is 0 Å². The molecule has 0 bridgehead atoms. The van der Waals surface area contributed by atoms with Gasteiger partial charge in [0.1, 0.15) is 0 Å². The molecule has 1 heterocycles. The summed E-state index contributed by atoms with van der Waals surface area (Å²) in [6, 6.07) is 0. The Hall–Kier alpha value is 0.310. The topological polar surface area (TPSA) is 41.9 Å². The fourth-order valence-corrected chi connectivity index (χ4v) is 4.84. The van der Waals surface area contributed by atoms with Crippen molar-refractivity contribution in [3.05, 3.63) is 12.7 Å². The molecule has 114 valence electrons. The van der Waals surface area contributed by atoms with E-state index in [1.54, 1.807) is 18.8 Å². The first kappa shape index (κ1) is 18.4. The van der Waals surface area contributed by atoms with Crippen LogP contribution in [0.1, 0.15) is 6.92 Å². The smallest absolute Gasteiger partial charge is 0.296 e. The number of carbonyl (C=O) groups is 1. The zero-order valence-electron chi connectivity index (χ0n) is 11.2. The zero-order valence-corrected chi connectivity index (χ0v) is 15.1. The number of alkyl halides is 2. The Morgan fingerprint density at radius 2 is 2.35 bits per heavy atom. The van der Waals surface area contributed by atoms with Gasteiger partial charge in [-0.3, -0.25) is 9.14 Å². The van der Waals surface area contributed by atoms with Crippen molar-refractivity contribution in [2.45, 2.75) is 16.9 Å². The molecular formula is C11H16Cl2N2O2S3. The molecule has 0 aliphatic carbocycles. The average molecular weight is 375 g/mol. The van der Waals surface area contributed by atoms with Crippen LogP contribution in [0.2, 0.25) is 0 Å². The highest BCUT2D eigenvalue weighted by atomic mass is 35.5. The van der Waals surface area contributed by atoms with Crippen LogP contribution in [-0.2, 0) is 4.84 Å². The minimum Gasteiger partial charge on any atom is -0.296 e. The number of oxime groups is 1. The highest BCUT2D eigenvalue weighted by molar-refractivity contribution is 8.41. The first-order chi connectivity index (χ1) is 9.44. The van der Waals surface area contributed by atoms with Crippen molar-refractivity contribution in [3.8, 4) is 0 Å². The second kappa shape index (κ2) is 8.68. The molecule has 1 rings (SSSR count). The number of hydrogen-bond acceptors (Lipinski definition) is 6. The van der Waals surface area contributed by atoms with Gasteiger partial charge in [-0.25, -0.2) is 4.79 Å². The van der Waals surface area contributed by atoms with Crippen LogP contribution >= 0.6 is 58.7 Å². The summed E-state index contributed by atoms with van der Waals surface area (Å²) in [7, 11) is 1.60. The first-order valence-electron chi connectivity index (χ1n) is 5.70. The fraction of sp³-hybridized carbons (Fsp3) is 0.636. The molecule has 0 aromatic heterocycles. The van der Waals surface area contributed by atoms with Gasteiger partial charge in [0, 0.05) is 29.8 Å². The summed E-state index contributed by atoms with van der Waals surface area (Å²) >= 11 is 16.0. The molecule has 0 aromatic rings. The second-order valence-corrected chi connectivity index (χ2v) is 8.97. The van der Waals surface area contributed by atoms with Gasteiger partial charge in [0.15, 0.2) is 4.38 Å². The molecule has 20 heavy (non-hydrogen) atoms. The van der Waals surface area contributed by atoms with Crippen molar-refractivity contribution in [3.63, 3.8) is 0 Å². The first-order valence-corrected chi connectivity index (χ1v) is 9.40. The quantitative estimate of drug-likeness (QED) is 0.228. The lowest BCUT2D eigenvalue weighted by Gasteiger charge is -2.27.